The lowest BCUT2D eigenvalue weighted by molar-refractivity contribution is -0.141. The number of aliphatic hydroxyl groups is 1. The first-order valence-corrected chi connectivity index (χ1v) is 11.2. The Morgan fingerprint density at radius 1 is 0.969 bits per heavy atom. The van der Waals surface area contributed by atoms with Crippen molar-refractivity contribution in [1.29, 1.82) is 0 Å². The van der Waals surface area contributed by atoms with Gasteiger partial charge in [-0.05, 0) is 53.6 Å². The number of hydrogen-bond donors (Lipinski definition) is 1. The summed E-state index contributed by atoms with van der Waals surface area (Å²) in [7, 11) is 0. The van der Waals surface area contributed by atoms with Crippen molar-refractivity contribution in [3.05, 3.63) is 98.7 Å². The van der Waals surface area contributed by atoms with Crippen molar-refractivity contribution in [3.8, 4) is 0 Å². The monoisotopic (exact) mass is 492 g/mol. The van der Waals surface area contributed by atoms with E-state index in [2.05, 4.69) is 4.90 Å². The molecular weight excluding hydrogens is 474 g/mol. The van der Waals surface area contributed by atoms with Gasteiger partial charge in [0, 0.05) is 29.7 Å². The van der Waals surface area contributed by atoms with Gasteiger partial charge in [-0.3, -0.25) is 4.79 Å². The van der Waals surface area contributed by atoms with Crippen LogP contribution in [0.1, 0.15) is 23.3 Å². The molecule has 1 fully saturated rings. The number of aliphatic hydroxyl groups excluding tert-OH is 1. The molecule has 1 aliphatic rings. The van der Waals surface area contributed by atoms with Gasteiger partial charge < -0.3 is 14.9 Å². The third-order valence-corrected chi connectivity index (χ3v) is 6.35. The van der Waals surface area contributed by atoms with Crippen LogP contribution in [0.3, 0.4) is 0 Å². The van der Waals surface area contributed by atoms with Gasteiger partial charge in [-0.15, -0.1) is 0 Å². The van der Waals surface area contributed by atoms with Gasteiger partial charge >= 0.3 is 0 Å². The molecule has 0 aliphatic carbocycles. The predicted octanol–water partition coefficient (Wildman–Crippen LogP) is 5.91. The molecular formula is C24H20Cl3FN2O2. The largest absolute Gasteiger partial charge is 0.378 e. The normalized spacial score (nSPS) is 17.3. The lowest BCUT2D eigenvalue weighted by Crippen LogP contribution is -2.51. The van der Waals surface area contributed by atoms with E-state index in [1.54, 1.807) is 29.2 Å². The first-order chi connectivity index (χ1) is 15.3. The third kappa shape index (κ3) is 4.86. The Labute approximate surface area is 200 Å². The number of carbonyl (C=O) groups is 1. The van der Waals surface area contributed by atoms with Crippen LogP contribution in [0.5, 0.6) is 0 Å². The molecule has 8 heteroatoms. The first kappa shape index (κ1) is 22.9. The highest BCUT2D eigenvalue weighted by Gasteiger charge is 2.34. The molecule has 4 nitrogen and oxygen atoms in total. The number of anilines is 1. The molecule has 166 valence electrons. The summed E-state index contributed by atoms with van der Waals surface area (Å²) in [6.45, 7) is 1.16. The third-order valence-electron chi connectivity index (χ3n) is 5.56. The van der Waals surface area contributed by atoms with Crippen molar-refractivity contribution >= 4 is 46.4 Å². The van der Waals surface area contributed by atoms with Gasteiger partial charge in [0.15, 0.2) is 6.10 Å². The summed E-state index contributed by atoms with van der Waals surface area (Å²) < 4.78 is 13.6. The molecule has 2 atom stereocenters. The molecule has 1 heterocycles. The lowest BCUT2D eigenvalue weighted by Gasteiger charge is -2.44. The standard InChI is InChI=1S/C24H20Cl3FN2O2/c25-17-6-4-15(5-7-17)22-14-29(24(32)23(31)16-2-1-3-19(28)12-16)10-11-30(22)21-9-8-18(26)13-20(21)27/h1-9,12-13,22-23,31H,10-11,14H2/t22-,23?/m0/s1. The van der Waals surface area contributed by atoms with Crippen molar-refractivity contribution in [2.75, 3.05) is 24.5 Å². The van der Waals surface area contributed by atoms with Crippen molar-refractivity contribution in [3.63, 3.8) is 0 Å². The van der Waals surface area contributed by atoms with Gasteiger partial charge in [0.05, 0.1) is 16.8 Å². The fourth-order valence-corrected chi connectivity index (χ4v) is 4.59. The zero-order chi connectivity index (χ0) is 22.8. The van der Waals surface area contributed by atoms with Gasteiger partial charge in [-0.25, -0.2) is 4.39 Å². The molecule has 0 saturated carbocycles. The van der Waals surface area contributed by atoms with Gasteiger partial charge in [-0.2, -0.15) is 0 Å². The van der Waals surface area contributed by atoms with E-state index in [1.807, 2.05) is 18.2 Å². The van der Waals surface area contributed by atoms with E-state index in [1.165, 1.54) is 24.3 Å². The van der Waals surface area contributed by atoms with Crippen molar-refractivity contribution in [2.45, 2.75) is 12.1 Å². The van der Waals surface area contributed by atoms with Crippen LogP contribution >= 0.6 is 34.8 Å². The van der Waals surface area contributed by atoms with Crippen molar-refractivity contribution in [2.24, 2.45) is 0 Å². The second-order valence-electron chi connectivity index (χ2n) is 7.60. The summed E-state index contributed by atoms with van der Waals surface area (Å²) in [5, 5.41) is 12.2. The maximum atomic E-state index is 13.6. The summed E-state index contributed by atoms with van der Waals surface area (Å²) in [5.74, 6) is -0.980. The number of benzene rings is 3. The minimum absolute atomic E-state index is 0.223. The van der Waals surface area contributed by atoms with Gasteiger partial charge in [0.1, 0.15) is 5.82 Å². The summed E-state index contributed by atoms with van der Waals surface area (Å²) in [6.07, 6.45) is -1.44. The Morgan fingerprint density at radius 2 is 1.69 bits per heavy atom. The SMILES string of the molecule is O=C(C(O)c1cccc(F)c1)N1CCN(c2ccc(Cl)cc2Cl)[C@H](c2ccc(Cl)cc2)C1. The van der Waals surface area contributed by atoms with Gasteiger partial charge in [0.2, 0.25) is 0 Å². The maximum absolute atomic E-state index is 13.6. The first-order valence-electron chi connectivity index (χ1n) is 10.0. The molecule has 0 bridgehead atoms. The molecule has 1 N–H and O–H groups in total. The van der Waals surface area contributed by atoms with E-state index in [0.717, 1.165) is 11.3 Å². The number of hydrogen-bond acceptors (Lipinski definition) is 3. The van der Waals surface area contributed by atoms with E-state index in [9.17, 15) is 14.3 Å². The number of amides is 1. The number of rotatable bonds is 4. The summed E-state index contributed by atoms with van der Waals surface area (Å²) in [5.41, 5.74) is 1.97. The molecule has 0 radical (unpaired) electrons. The summed E-state index contributed by atoms with van der Waals surface area (Å²) in [6, 6.07) is 17.9. The number of halogens is 4. The molecule has 1 amide bonds. The number of piperazine rings is 1. The van der Waals surface area contributed by atoms with Crippen LogP contribution < -0.4 is 4.90 Å². The Balaban J connectivity index is 1.64. The van der Waals surface area contributed by atoms with E-state index in [4.69, 9.17) is 34.8 Å². The fraction of sp³-hybridized carbons (Fsp3) is 0.208. The topological polar surface area (TPSA) is 43.8 Å². The summed E-state index contributed by atoms with van der Waals surface area (Å²) >= 11 is 18.6. The zero-order valence-electron chi connectivity index (χ0n) is 16.9. The van der Waals surface area contributed by atoms with E-state index < -0.39 is 17.8 Å². The van der Waals surface area contributed by atoms with Gasteiger partial charge in [0.25, 0.3) is 5.91 Å². The van der Waals surface area contributed by atoms with Crippen LogP contribution in [-0.4, -0.2) is 35.5 Å². The van der Waals surface area contributed by atoms with Crippen LogP contribution in [0.2, 0.25) is 15.1 Å². The predicted molar refractivity (Wildman–Crippen MR) is 126 cm³/mol. The molecule has 0 aromatic heterocycles. The zero-order valence-corrected chi connectivity index (χ0v) is 19.2. The Morgan fingerprint density at radius 3 is 2.38 bits per heavy atom. The number of nitrogens with zero attached hydrogens (tertiary/aromatic N) is 2. The van der Waals surface area contributed by atoms with Crippen molar-refractivity contribution < 1.29 is 14.3 Å². The Hall–Kier alpha value is -2.31. The molecule has 1 saturated heterocycles. The highest BCUT2D eigenvalue weighted by Crippen LogP contribution is 2.37. The smallest absolute Gasteiger partial charge is 0.256 e. The highest BCUT2D eigenvalue weighted by molar-refractivity contribution is 6.36. The highest BCUT2D eigenvalue weighted by atomic mass is 35.5. The molecule has 1 unspecified atom stereocenters. The molecule has 32 heavy (non-hydrogen) atoms. The average Bonchev–Trinajstić information content (AvgIpc) is 2.78. The lowest BCUT2D eigenvalue weighted by atomic mass is 10.00. The molecule has 4 rings (SSSR count). The van der Waals surface area contributed by atoms with Crippen LogP contribution in [-0.2, 0) is 4.79 Å². The Kier molecular flexibility index (Phi) is 6.91. The van der Waals surface area contributed by atoms with E-state index in [0.29, 0.717) is 34.7 Å². The van der Waals surface area contributed by atoms with Crippen LogP contribution in [0.25, 0.3) is 0 Å². The minimum Gasteiger partial charge on any atom is -0.378 e. The van der Waals surface area contributed by atoms with E-state index in [-0.39, 0.29) is 11.6 Å². The Bertz CT molecular complexity index is 1130. The average molecular weight is 494 g/mol. The fourth-order valence-electron chi connectivity index (χ4n) is 3.95. The quantitative estimate of drug-likeness (QED) is 0.491. The van der Waals surface area contributed by atoms with E-state index >= 15 is 0 Å². The molecule has 0 spiro atoms. The van der Waals surface area contributed by atoms with Crippen molar-refractivity contribution in [1.82, 2.24) is 4.90 Å². The maximum Gasteiger partial charge on any atom is 0.256 e. The number of carbonyl (C=O) groups excluding carboxylic acids is 1. The molecule has 3 aromatic rings. The van der Waals surface area contributed by atoms with Crippen LogP contribution in [0, 0.1) is 5.82 Å². The van der Waals surface area contributed by atoms with Gasteiger partial charge in [-0.1, -0.05) is 59.1 Å². The minimum atomic E-state index is -1.44. The van der Waals surface area contributed by atoms with Crippen LogP contribution in [0.15, 0.2) is 66.7 Å². The summed E-state index contributed by atoms with van der Waals surface area (Å²) in [4.78, 5) is 16.8. The van der Waals surface area contributed by atoms with Crippen LogP contribution in [0.4, 0.5) is 10.1 Å². The molecule has 1 aliphatic heterocycles. The second kappa shape index (κ2) is 9.67. The molecule has 3 aromatic carbocycles. The second-order valence-corrected chi connectivity index (χ2v) is 8.88.